The molecule has 1 unspecified atom stereocenters. The van der Waals surface area contributed by atoms with Gasteiger partial charge in [-0.25, -0.2) is 0 Å². The fourth-order valence-corrected chi connectivity index (χ4v) is 4.16. The van der Waals surface area contributed by atoms with Gasteiger partial charge in [-0.05, 0) is 18.6 Å². The summed E-state index contributed by atoms with van der Waals surface area (Å²) >= 11 is 0. The third kappa shape index (κ3) is 3.84. The molecular weight excluding hydrogens is 384 g/mol. The van der Waals surface area contributed by atoms with E-state index in [0.717, 1.165) is 24.6 Å². The SMILES string of the molecule is CCCCCc1cc2ccccc2[s+]1C(F)(F)F.[I-]. The van der Waals surface area contributed by atoms with Crippen LogP contribution in [0.3, 0.4) is 0 Å². The maximum atomic E-state index is 13.2. The molecule has 106 valence electrons. The predicted octanol–water partition coefficient (Wildman–Crippen LogP) is 2.80. The Morgan fingerprint density at radius 1 is 1.11 bits per heavy atom. The molecule has 0 saturated heterocycles. The van der Waals surface area contributed by atoms with E-state index in [1.807, 2.05) is 0 Å². The number of aryl methyl sites for hydroxylation is 1. The summed E-state index contributed by atoms with van der Waals surface area (Å²) in [7, 11) is -1.70. The molecule has 1 atom stereocenters. The lowest BCUT2D eigenvalue weighted by atomic mass is 10.1. The van der Waals surface area contributed by atoms with Crippen LogP contribution in [0, 0.1) is 0 Å². The van der Waals surface area contributed by atoms with Crippen LogP contribution >= 0.6 is 10.5 Å². The van der Waals surface area contributed by atoms with Crippen molar-refractivity contribution < 1.29 is 37.1 Å². The molecule has 0 aliphatic carbocycles. The van der Waals surface area contributed by atoms with Gasteiger partial charge < -0.3 is 24.0 Å². The van der Waals surface area contributed by atoms with Crippen molar-refractivity contribution in [3.63, 3.8) is 0 Å². The highest BCUT2D eigenvalue weighted by Crippen LogP contribution is 2.51. The number of fused-ring (bicyclic) bond motifs is 1. The molecule has 1 aromatic heterocycles. The second-order valence-corrected chi connectivity index (χ2v) is 6.40. The number of alkyl halides is 3. The normalized spacial score (nSPS) is 12.5. The van der Waals surface area contributed by atoms with E-state index >= 15 is 0 Å². The van der Waals surface area contributed by atoms with Crippen molar-refractivity contribution in [3.8, 4) is 0 Å². The third-order valence-corrected chi connectivity index (χ3v) is 5.10. The first-order valence-electron chi connectivity index (χ1n) is 6.14. The fourth-order valence-electron chi connectivity index (χ4n) is 2.16. The predicted molar refractivity (Wildman–Crippen MR) is 71.0 cm³/mol. The van der Waals surface area contributed by atoms with E-state index in [1.165, 1.54) is 0 Å². The Kier molecular flexibility index (Phi) is 6.11. The molecule has 0 spiro atoms. The second kappa shape index (κ2) is 6.92. The highest BCUT2D eigenvalue weighted by atomic mass is 127. The minimum atomic E-state index is -4.15. The standard InChI is InChI=1S/C14H16F3S.HI/c1-2-3-4-8-12-10-11-7-5-6-9-13(11)18(12)14(15,16)17;/h5-7,9-10H,2-4,8H2,1H3;1H/q+1;/p-1. The molecule has 0 aliphatic rings. The van der Waals surface area contributed by atoms with Crippen molar-refractivity contribution in [2.45, 2.75) is 38.1 Å². The molecule has 0 aliphatic heterocycles. The average Bonchev–Trinajstić information content (AvgIpc) is 2.67. The van der Waals surface area contributed by atoms with E-state index < -0.39 is 16.0 Å². The molecule has 0 radical (unpaired) electrons. The summed E-state index contributed by atoms with van der Waals surface area (Å²) in [5.74, 6) is 0. The van der Waals surface area contributed by atoms with Gasteiger partial charge in [0.05, 0.1) is 10.5 Å². The molecule has 0 N–H and O–H groups in total. The van der Waals surface area contributed by atoms with Gasteiger partial charge in [0.1, 0.15) is 0 Å². The molecule has 2 aromatic rings. The van der Waals surface area contributed by atoms with Crippen LogP contribution in [0.1, 0.15) is 31.1 Å². The maximum Gasteiger partial charge on any atom is 0.600 e. The Bertz CT molecular complexity index is 531. The summed E-state index contributed by atoms with van der Waals surface area (Å²) < 4.78 is 40.0. The van der Waals surface area contributed by atoms with E-state index in [9.17, 15) is 13.2 Å². The highest BCUT2D eigenvalue weighted by Gasteiger charge is 2.47. The quantitative estimate of drug-likeness (QED) is 0.421. The molecular formula is C14H16F3IS. The summed E-state index contributed by atoms with van der Waals surface area (Å²) in [5, 5.41) is 0.740. The Morgan fingerprint density at radius 3 is 2.42 bits per heavy atom. The number of halogens is 4. The Labute approximate surface area is 131 Å². The van der Waals surface area contributed by atoms with Gasteiger partial charge in [0.25, 0.3) is 0 Å². The van der Waals surface area contributed by atoms with E-state index in [4.69, 9.17) is 0 Å². The zero-order valence-corrected chi connectivity index (χ0v) is 13.6. The number of benzene rings is 1. The van der Waals surface area contributed by atoms with Crippen molar-refractivity contribution >= 4 is 20.6 Å². The van der Waals surface area contributed by atoms with Crippen LogP contribution in [-0.2, 0) is 11.9 Å². The average molecular weight is 400 g/mol. The summed E-state index contributed by atoms with van der Waals surface area (Å²) in [6, 6.07) is 8.60. The van der Waals surface area contributed by atoms with Gasteiger partial charge in [0, 0.05) is 17.9 Å². The van der Waals surface area contributed by atoms with Crippen molar-refractivity contribution in [1.82, 2.24) is 0 Å². The van der Waals surface area contributed by atoms with Gasteiger partial charge in [-0.3, -0.25) is 0 Å². The first-order valence-corrected chi connectivity index (χ1v) is 7.37. The molecule has 2 rings (SSSR count). The molecule has 5 heteroatoms. The van der Waals surface area contributed by atoms with Crippen molar-refractivity contribution in [2.24, 2.45) is 0 Å². The Hall–Kier alpha value is -0.300. The number of hydrogen-bond donors (Lipinski definition) is 0. The molecule has 1 aromatic carbocycles. The number of thiophene rings is 1. The number of unbranched alkanes of at least 4 members (excludes halogenated alkanes) is 2. The molecule has 0 nitrogen and oxygen atoms in total. The van der Waals surface area contributed by atoms with Gasteiger partial charge in [-0.2, -0.15) is 0 Å². The zero-order chi connectivity index (χ0) is 13.2. The first-order chi connectivity index (χ1) is 8.54. The molecule has 0 saturated carbocycles. The van der Waals surface area contributed by atoms with Gasteiger partial charge in [-0.15, -0.1) is 13.2 Å². The molecule has 0 bridgehead atoms. The van der Waals surface area contributed by atoms with Crippen LogP contribution in [-0.4, -0.2) is 0 Å². The summed E-state index contributed by atoms with van der Waals surface area (Å²) in [6.45, 7) is 2.06. The van der Waals surface area contributed by atoms with Crippen LogP contribution in [0.4, 0.5) is 13.2 Å². The smallest absolute Gasteiger partial charge is 0.600 e. The fraction of sp³-hybridized carbons (Fsp3) is 0.429. The highest BCUT2D eigenvalue weighted by molar-refractivity contribution is 7.38. The molecule has 0 fully saturated rings. The van der Waals surface area contributed by atoms with Gasteiger partial charge >= 0.3 is 5.51 Å². The van der Waals surface area contributed by atoms with E-state index in [2.05, 4.69) is 6.92 Å². The van der Waals surface area contributed by atoms with E-state index in [1.54, 1.807) is 30.3 Å². The van der Waals surface area contributed by atoms with Crippen LogP contribution < -0.4 is 24.0 Å². The minimum absolute atomic E-state index is 0. The molecule has 1 heterocycles. The summed E-state index contributed by atoms with van der Waals surface area (Å²) in [4.78, 5) is 0.553. The largest absolute Gasteiger partial charge is 1.00 e. The monoisotopic (exact) mass is 400 g/mol. The van der Waals surface area contributed by atoms with Crippen molar-refractivity contribution in [3.05, 3.63) is 35.2 Å². The lowest BCUT2D eigenvalue weighted by Gasteiger charge is -2.00. The Morgan fingerprint density at radius 2 is 1.79 bits per heavy atom. The second-order valence-electron chi connectivity index (χ2n) is 4.36. The first kappa shape index (κ1) is 16.8. The Balaban J connectivity index is 0.00000180. The minimum Gasteiger partial charge on any atom is -1.00 e. The van der Waals surface area contributed by atoms with Crippen LogP contribution in [0.15, 0.2) is 30.3 Å². The van der Waals surface area contributed by atoms with Gasteiger partial charge in [0.15, 0.2) is 9.58 Å². The van der Waals surface area contributed by atoms with Gasteiger partial charge in [0.2, 0.25) is 0 Å². The van der Waals surface area contributed by atoms with Crippen molar-refractivity contribution in [2.75, 3.05) is 0 Å². The third-order valence-electron chi connectivity index (χ3n) is 2.98. The maximum absolute atomic E-state index is 13.2. The lowest BCUT2D eigenvalue weighted by Crippen LogP contribution is -3.00. The van der Waals surface area contributed by atoms with Crippen LogP contribution in [0.2, 0.25) is 0 Å². The zero-order valence-electron chi connectivity index (χ0n) is 10.6. The van der Waals surface area contributed by atoms with E-state index in [0.29, 0.717) is 16.0 Å². The number of hydrogen-bond acceptors (Lipinski definition) is 0. The molecule has 0 amide bonds. The molecule has 19 heavy (non-hydrogen) atoms. The lowest BCUT2D eigenvalue weighted by molar-refractivity contribution is -0.0867. The summed E-state index contributed by atoms with van der Waals surface area (Å²) in [5.41, 5.74) is -4.15. The summed E-state index contributed by atoms with van der Waals surface area (Å²) in [6.07, 6.45) is 3.42. The van der Waals surface area contributed by atoms with Crippen LogP contribution in [0.25, 0.3) is 10.1 Å². The number of rotatable bonds is 4. The van der Waals surface area contributed by atoms with Gasteiger partial charge in [-0.1, -0.05) is 31.9 Å². The topological polar surface area (TPSA) is 0 Å². The van der Waals surface area contributed by atoms with Crippen LogP contribution in [0.5, 0.6) is 0 Å². The van der Waals surface area contributed by atoms with E-state index in [-0.39, 0.29) is 24.0 Å². The van der Waals surface area contributed by atoms with Crippen molar-refractivity contribution in [1.29, 1.82) is 0 Å².